The molecule has 0 saturated carbocycles. The first-order valence-electron chi connectivity index (χ1n) is 5.68. The van der Waals surface area contributed by atoms with Crippen LogP contribution in [0.4, 0.5) is 11.4 Å². The lowest BCUT2D eigenvalue weighted by atomic mass is 9.96. The molecule has 106 valence electrons. The van der Waals surface area contributed by atoms with Crippen molar-refractivity contribution in [2.75, 3.05) is 0 Å². The molecular weight excluding hydrogens is 280 g/mol. The number of aromatic carboxylic acids is 1. The quantitative estimate of drug-likeness (QED) is 0.681. The van der Waals surface area contributed by atoms with Crippen molar-refractivity contribution in [3.8, 4) is 11.1 Å². The van der Waals surface area contributed by atoms with Crippen LogP contribution in [0.5, 0.6) is 0 Å². The van der Waals surface area contributed by atoms with Gasteiger partial charge >= 0.3 is 5.97 Å². The third-order valence-corrected chi connectivity index (χ3v) is 2.84. The molecule has 8 nitrogen and oxygen atoms in total. The zero-order valence-electron chi connectivity index (χ0n) is 10.4. The molecule has 0 aliphatic rings. The Morgan fingerprint density at radius 3 is 1.90 bits per heavy atom. The fraction of sp³-hybridized carbons (Fsp3) is 0. The Hall–Kier alpha value is -3.29. The highest BCUT2D eigenvalue weighted by Crippen LogP contribution is 2.39. The summed E-state index contributed by atoms with van der Waals surface area (Å²) in [7, 11) is 0. The van der Waals surface area contributed by atoms with Crippen molar-refractivity contribution in [3.05, 3.63) is 68.3 Å². The minimum atomic E-state index is -1.32. The molecule has 2 aromatic carbocycles. The number of hydrogen-bond acceptors (Lipinski definition) is 5. The Balaban J connectivity index is 2.88. The Labute approximate surface area is 117 Å². The molecule has 0 saturated heterocycles. The molecule has 0 radical (unpaired) electrons. The number of carbonyl (C=O) groups is 1. The van der Waals surface area contributed by atoms with Crippen molar-refractivity contribution in [2.24, 2.45) is 0 Å². The first-order chi connectivity index (χ1) is 9.93. The SMILES string of the molecule is O=C(O)c1ccccc1-c1c([N+](=O)[O-])cccc1[N+](=O)[O-]. The van der Waals surface area contributed by atoms with Crippen molar-refractivity contribution >= 4 is 17.3 Å². The summed E-state index contributed by atoms with van der Waals surface area (Å²) in [4.78, 5) is 31.8. The smallest absolute Gasteiger partial charge is 0.336 e. The van der Waals surface area contributed by atoms with Crippen LogP contribution in [0.1, 0.15) is 10.4 Å². The van der Waals surface area contributed by atoms with Gasteiger partial charge in [-0.15, -0.1) is 0 Å². The second-order valence-electron chi connectivity index (χ2n) is 4.04. The molecule has 0 amide bonds. The van der Waals surface area contributed by atoms with E-state index in [1.165, 1.54) is 30.3 Å². The van der Waals surface area contributed by atoms with E-state index in [1.807, 2.05) is 0 Å². The monoisotopic (exact) mass is 288 g/mol. The van der Waals surface area contributed by atoms with Crippen molar-refractivity contribution in [3.63, 3.8) is 0 Å². The predicted octanol–water partition coefficient (Wildman–Crippen LogP) is 2.87. The molecule has 1 N–H and O–H groups in total. The third-order valence-electron chi connectivity index (χ3n) is 2.84. The summed E-state index contributed by atoms with van der Waals surface area (Å²) >= 11 is 0. The number of benzene rings is 2. The Kier molecular flexibility index (Phi) is 3.61. The van der Waals surface area contributed by atoms with Gasteiger partial charge in [-0.1, -0.05) is 18.2 Å². The largest absolute Gasteiger partial charge is 0.478 e. The van der Waals surface area contributed by atoms with Crippen LogP contribution >= 0.6 is 0 Å². The number of rotatable bonds is 4. The van der Waals surface area contributed by atoms with E-state index in [0.717, 1.165) is 12.1 Å². The Bertz CT molecular complexity index is 724. The van der Waals surface area contributed by atoms with Crippen molar-refractivity contribution in [2.45, 2.75) is 0 Å². The lowest BCUT2D eigenvalue weighted by molar-refractivity contribution is -0.392. The van der Waals surface area contributed by atoms with Gasteiger partial charge in [-0.2, -0.15) is 0 Å². The second kappa shape index (κ2) is 5.37. The summed E-state index contributed by atoms with van der Waals surface area (Å²) in [6.45, 7) is 0. The van der Waals surface area contributed by atoms with Gasteiger partial charge in [-0.25, -0.2) is 4.79 Å². The third kappa shape index (κ3) is 2.54. The minimum absolute atomic E-state index is 0.0657. The van der Waals surface area contributed by atoms with Gasteiger partial charge in [0.05, 0.1) is 15.4 Å². The maximum absolute atomic E-state index is 11.2. The second-order valence-corrected chi connectivity index (χ2v) is 4.04. The van der Waals surface area contributed by atoms with Gasteiger partial charge in [-0.3, -0.25) is 20.2 Å². The highest BCUT2D eigenvalue weighted by molar-refractivity contribution is 5.99. The molecule has 0 unspecified atom stereocenters. The van der Waals surface area contributed by atoms with Crippen molar-refractivity contribution in [1.82, 2.24) is 0 Å². The number of nitrogens with zero attached hydrogens (tertiary/aromatic N) is 2. The van der Waals surface area contributed by atoms with Gasteiger partial charge in [-0.05, 0) is 12.1 Å². The molecule has 0 aliphatic heterocycles. The molecule has 0 aliphatic carbocycles. The summed E-state index contributed by atoms with van der Waals surface area (Å²) in [6, 6.07) is 8.82. The van der Waals surface area contributed by atoms with E-state index in [0.29, 0.717) is 0 Å². The Morgan fingerprint density at radius 1 is 0.905 bits per heavy atom. The maximum atomic E-state index is 11.2. The summed E-state index contributed by atoms with van der Waals surface area (Å²) < 4.78 is 0. The van der Waals surface area contributed by atoms with Crippen LogP contribution in [0.3, 0.4) is 0 Å². The lowest BCUT2D eigenvalue weighted by Gasteiger charge is -2.07. The summed E-state index contributed by atoms with van der Waals surface area (Å²) in [5.41, 5.74) is -1.65. The highest BCUT2D eigenvalue weighted by Gasteiger charge is 2.28. The van der Waals surface area contributed by atoms with E-state index in [9.17, 15) is 25.0 Å². The molecule has 0 atom stereocenters. The number of nitro benzene ring substituents is 2. The average Bonchev–Trinajstić information content (AvgIpc) is 2.46. The van der Waals surface area contributed by atoms with Gasteiger partial charge in [0.1, 0.15) is 5.56 Å². The van der Waals surface area contributed by atoms with Gasteiger partial charge < -0.3 is 5.11 Å². The number of nitro groups is 2. The van der Waals surface area contributed by atoms with E-state index in [1.54, 1.807) is 0 Å². The normalized spacial score (nSPS) is 10.1. The molecule has 2 rings (SSSR count). The molecule has 0 aromatic heterocycles. The van der Waals surface area contributed by atoms with Crippen molar-refractivity contribution in [1.29, 1.82) is 0 Å². The number of hydrogen-bond donors (Lipinski definition) is 1. The van der Waals surface area contributed by atoms with E-state index in [-0.39, 0.29) is 16.7 Å². The fourth-order valence-electron chi connectivity index (χ4n) is 2.00. The van der Waals surface area contributed by atoms with Crippen LogP contribution < -0.4 is 0 Å². The van der Waals surface area contributed by atoms with Crippen LogP contribution in [0.25, 0.3) is 11.1 Å². The first-order valence-corrected chi connectivity index (χ1v) is 5.68. The summed E-state index contributed by atoms with van der Waals surface area (Å²) in [5.74, 6) is -1.32. The standard InChI is InChI=1S/C13H8N2O6/c16-13(17)9-5-2-1-4-8(9)12-10(14(18)19)6-3-7-11(12)15(20)21/h1-7H,(H,16,17). The zero-order chi connectivity index (χ0) is 15.6. The van der Waals surface area contributed by atoms with E-state index in [4.69, 9.17) is 5.11 Å². The van der Waals surface area contributed by atoms with E-state index in [2.05, 4.69) is 0 Å². The number of carboxylic acid groups (broad SMARTS) is 1. The van der Waals surface area contributed by atoms with Crippen molar-refractivity contribution < 1.29 is 19.7 Å². The predicted molar refractivity (Wildman–Crippen MR) is 72.1 cm³/mol. The average molecular weight is 288 g/mol. The maximum Gasteiger partial charge on any atom is 0.336 e. The van der Waals surface area contributed by atoms with Crippen LogP contribution in [-0.2, 0) is 0 Å². The topological polar surface area (TPSA) is 124 Å². The van der Waals surface area contributed by atoms with Crippen LogP contribution in [0.2, 0.25) is 0 Å². The molecule has 0 heterocycles. The van der Waals surface area contributed by atoms with E-state index < -0.39 is 27.2 Å². The fourth-order valence-corrected chi connectivity index (χ4v) is 2.00. The molecular formula is C13H8N2O6. The van der Waals surface area contributed by atoms with Crippen LogP contribution in [0.15, 0.2) is 42.5 Å². The zero-order valence-corrected chi connectivity index (χ0v) is 10.4. The first kappa shape index (κ1) is 14.1. The molecule has 8 heteroatoms. The Morgan fingerprint density at radius 2 is 1.43 bits per heavy atom. The van der Waals surface area contributed by atoms with Gasteiger partial charge in [0.25, 0.3) is 11.4 Å². The van der Waals surface area contributed by atoms with Crippen LogP contribution in [0, 0.1) is 20.2 Å². The number of carboxylic acids is 1. The van der Waals surface area contributed by atoms with Gasteiger partial charge in [0.15, 0.2) is 0 Å². The molecule has 0 fully saturated rings. The molecule has 2 aromatic rings. The lowest BCUT2D eigenvalue weighted by Crippen LogP contribution is -2.03. The molecule has 21 heavy (non-hydrogen) atoms. The summed E-state index contributed by atoms with van der Waals surface area (Å²) in [5, 5.41) is 31.3. The molecule has 0 bridgehead atoms. The minimum Gasteiger partial charge on any atom is -0.478 e. The van der Waals surface area contributed by atoms with Gasteiger partial charge in [0.2, 0.25) is 0 Å². The highest BCUT2D eigenvalue weighted by atomic mass is 16.6. The molecule has 0 spiro atoms. The van der Waals surface area contributed by atoms with Crippen LogP contribution in [-0.4, -0.2) is 20.9 Å². The summed E-state index contributed by atoms with van der Waals surface area (Å²) in [6.07, 6.45) is 0. The van der Waals surface area contributed by atoms with E-state index >= 15 is 0 Å². The van der Waals surface area contributed by atoms with Gasteiger partial charge in [0, 0.05) is 17.7 Å².